The number of hydrogen-bond acceptors (Lipinski definition) is 3. The van der Waals surface area contributed by atoms with E-state index in [-0.39, 0.29) is 5.41 Å². The lowest BCUT2D eigenvalue weighted by Gasteiger charge is -2.25. The first-order chi connectivity index (χ1) is 8.02. The van der Waals surface area contributed by atoms with Gasteiger partial charge in [-0.3, -0.25) is 0 Å². The normalized spacial score (nSPS) is 11.4. The summed E-state index contributed by atoms with van der Waals surface area (Å²) in [6.45, 7) is 5.15. The van der Waals surface area contributed by atoms with Crippen LogP contribution in [-0.2, 0) is 6.42 Å². The quantitative estimate of drug-likeness (QED) is 0.827. The molecule has 17 heavy (non-hydrogen) atoms. The Bertz CT molecular complexity index is 361. The maximum absolute atomic E-state index is 5.64. The third-order valence-corrected chi connectivity index (χ3v) is 2.98. The average molecular weight is 237 g/mol. The summed E-state index contributed by atoms with van der Waals surface area (Å²) in [6.07, 6.45) is 1.93. The highest BCUT2D eigenvalue weighted by Crippen LogP contribution is 2.32. The van der Waals surface area contributed by atoms with Gasteiger partial charge in [0.05, 0.1) is 14.2 Å². The van der Waals surface area contributed by atoms with Crippen LogP contribution in [0.25, 0.3) is 0 Å². The van der Waals surface area contributed by atoms with Gasteiger partial charge in [0.25, 0.3) is 0 Å². The van der Waals surface area contributed by atoms with Gasteiger partial charge in [0.2, 0.25) is 0 Å². The van der Waals surface area contributed by atoms with Gasteiger partial charge < -0.3 is 15.2 Å². The van der Waals surface area contributed by atoms with E-state index in [0.717, 1.165) is 24.3 Å². The van der Waals surface area contributed by atoms with Crippen molar-refractivity contribution in [2.45, 2.75) is 26.7 Å². The van der Waals surface area contributed by atoms with Crippen LogP contribution in [0.2, 0.25) is 0 Å². The van der Waals surface area contributed by atoms with Gasteiger partial charge in [-0.05, 0) is 48.6 Å². The van der Waals surface area contributed by atoms with E-state index in [1.54, 1.807) is 14.2 Å². The van der Waals surface area contributed by atoms with Crippen LogP contribution in [0.1, 0.15) is 25.8 Å². The number of methoxy groups -OCH3 is 2. The van der Waals surface area contributed by atoms with Crippen LogP contribution in [0.4, 0.5) is 0 Å². The Hall–Kier alpha value is -1.22. The molecule has 0 saturated heterocycles. The maximum Gasteiger partial charge on any atom is 0.122 e. The highest BCUT2D eigenvalue weighted by molar-refractivity contribution is 5.40. The molecule has 0 bridgehead atoms. The topological polar surface area (TPSA) is 44.5 Å². The van der Waals surface area contributed by atoms with Crippen molar-refractivity contribution in [3.63, 3.8) is 0 Å². The highest BCUT2D eigenvalue weighted by Gasteiger charge is 2.20. The average Bonchev–Trinajstić information content (AvgIpc) is 2.28. The SMILES string of the molecule is COc1ccc(OC)c(CC(C)(C)CCN)c1. The molecule has 3 nitrogen and oxygen atoms in total. The second-order valence-corrected chi connectivity index (χ2v) is 5.06. The minimum Gasteiger partial charge on any atom is -0.497 e. The van der Waals surface area contributed by atoms with Crippen molar-refractivity contribution in [3.8, 4) is 11.5 Å². The van der Waals surface area contributed by atoms with Crippen molar-refractivity contribution in [1.82, 2.24) is 0 Å². The smallest absolute Gasteiger partial charge is 0.122 e. The van der Waals surface area contributed by atoms with Crippen molar-refractivity contribution in [2.24, 2.45) is 11.1 Å². The summed E-state index contributed by atoms with van der Waals surface area (Å²) >= 11 is 0. The summed E-state index contributed by atoms with van der Waals surface area (Å²) in [6, 6.07) is 5.90. The first kappa shape index (κ1) is 13.8. The first-order valence-electron chi connectivity index (χ1n) is 5.93. The monoisotopic (exact) mass is 237 g/mol. The molecule has 0 aliphatic heterocycles. The van der Waals surface area contributed by atoms with Crippen LogP contribution in [0, 0.1) is 5.41 Å². The zero-order chi connectivity index (χ0) is 12.9. The van der Waals surface area contributed by atoms with Gasteiger partial charge in [-0.15, -0.1) is 0 Å². The molecule has 0 aliphatic carbocycles. The molecule has 0 saturated carbocycles. The van der Waals surface area contributed by atoms with E-state index in [2.05, 4.69) is 13.8 Å². The lowest BCUT2D eigenvalue weighted by atomic mass is 9.82. The van der Waals surface area contributed by atoms with Crippen molar-refractivity contribution < 1.29 is 9.47 Å². The van der Waals surface area contributed by atoms with E-state index in [9.17, 15) is 0 Å². The number of ether oxygens (including phenoxy) is 2. The Morgan fingerprint density at radius 3 is 2.41 bits per heavy atom. The molecule has 0 atom stereocenters. The minimum atomic E-state index is 0.175. The molecule has 0 fully saturated rings. The van der Waals surface area contributed by atoms with Crippen molar-refractivity contribution >= 4 is 0 Å². The summed E-state index contributed by atoms with van der Waals surface area (Å²) < 4.78 is 10.6. The van der Waals surface area contributed by atoms with E-state index in [0.29, 0.717) is 6.54 Å². The van der Waals surface area contributed by atoms with Crippen LogP contribution in [-0.4, -0.2) is 20.8 Å². The van der Waals surface area contributed by atoms with Gasteiger partial charge in [0.1, 0.15) is 11.5 Å². The van der Waals surface area contributed by atoms with Gasteiger partial charge in [0.15, 0.2) is 0 Å². The fourth-order valence-electron chi connectivity index (χ4n) is 2.01. The molecule has 0 spiro atoms. The van der Waals surface area contributed by atoms with Crippen molar-refractivity contribution in [3.05, 3.63) is 23.8 Å². The largest absolute Gasteiger partial charge is 0.497 e. The molecule has 1 aromatic rings. The number of benzene rings is 1. The summed E-state index contributed by atoms with van der Waals surface area (Å²) in [7, 11) is 3.37. The van der Waals surface area contributed by atoms with E-state index in [1.165, 1.54) is 5.56 Å². The van der Waals surface area contributed by atoms with Gasteiger partial charge in [-0.1, -0.05) is 13.8 Å². The molecule has 0 aliphatic rings. The van der Waals surface area contributed by atoms with Crippen LogP contribution in [0.5, 0.6) is 11.5 Å². The fraction of sp³-hybridized carbons (Fsp3) is 0.571. The summed E-state index contributed by atoms with van der Waals surface area (Å²) in [5.74, 6) is 1.78. The van der Waals surface area contributed by atoms with Gasteiger partial charge >= 0.3 is 0 Å². The number of rotatable bonds is 6. The lowest BCUT2D eigenvalue weighted by molar-refractivity contribution is 0.327. The molecule has 0 aromatic heterocycles. The van der Waals surface area contributed by atoms with Crippen LogP contribution >= 0.6 is 0 Å². The van der Waals surface area contributed by atoms with Gasteiger partial charge in [-0.25, -0.2) is 0 Å². The van der Waals surface area contributed by atoms with E-state index >= 15 is 0 Å². The van der Waals surface area contributed by atoms with Crippen LogP contribution < -0.4 is 15.2 Å². The molecule has 0 amide bonds. The Kier molecular flexibility index (Phi) is 4.82. The van der Waals surface area contributed by atoms with Crippen molar-refractivity contribution in [1.29, 1.82) is 0 Å². The third-order valence-electron chi connectivity index (χ3n) is 2.98. The zero-order valence-electron chi connectivity index (χ0n) is 11.2. The molecule has 3 heteroatoms. The van der Waals surface area contributed by atoms with E-state index in [4.69, 9.17) is 15.2 Å². The number of hydrogen-bond donors (Lipinski definition) is 1. The number of nitrogens with two attached hydrogens (primary N) is 1. The predicted molar refractivity (Wildman–Crippen MR) is 70.7 cm³/mol. The zero-order valence-corrected chi connectivity index (χ0v) is 11.2. The van der Waals surface area contributed by atoms with Crippen LogP contribution in [0.15, 0.2) is 18.2 Å². The molecular weight excluding hydrogens is 214 g/mol. The molecule has 1 rings (SSSR count). The van der Waals surface area contributed by atoms with Gasteiger partial charge in [0, 0.05) is 0 Å². The molecular formula is C14H23NO2. The molecule has 0 heterocycles. The lowest BCUT2D eigenvalue weighted by Crippen LogP contribution is -2.20. The van der Waals surface area contributed by atoms with Crippen LogP contribution in [0.3, 0.4) is 0 Å². The molecule has 96 valence electrons. The van der Waals surface area contributed by atoms with Gasteiger partial charge in [-0.2, -0.15) is 0 Å². The highest BCUT2D eigenvalue weighted by atomic mass is 16.5. The van der Waals surface area contributed by atoms with E-state index < -0.39 is 0 Å². The summed E-state index contributed by atoms with van der Waals surface area (Å²) in [5, 5.41) is 0. The molecule has 1 aromatic carbocycles. The Labute approximate surface area is 104 Å². The fourth-order valence-corrected chi connectivity index (χ4v) is 2.01. The van der Waals surface area contributed by atoms with Crippen molar-refractivity contribution in [2.75, 3.05) is 20.8 Å². The Balaban J connectivity index is 2.94. The maximum atomic E-state index is 5.64. The Morgan fingerprint density at radius 1 is 1.18 bits per heavy atom. The molecule has 2 N–H and O–H groups in total. The second kappa shape index (κ2) is 5.92. The minimum absolute atomic E-state index is 0.175. The molecule has 0 radical (unpaired) electrons. The van der Waals surface area contributed by atoms with E-state index in [1.807, 2.05) is 18.2 Å². The Morgan fingerprint density at radius 2 is 1.88 bits per heavy atom. The standard InChI is InChI=1S/C14H23NO2/c1-14(2,7-8-15)10-11-9-12(16-3)5-6-13(11)17-4/h5-6,9H,7-8,10,15H2,1-4H3. The summed E-state index contributed by atoms with van der Waals surface area (Å²) in [4.78, 5) is 0. The summed E-state index contributed by atoms with van der Waals surface area (Å²) in [5.41, 5.74) is 6.99. The molecule has 0 unspecified atom stereocenters. The third kappa shape index (κ3) is 3.93. The second-order valence-electron chi connectivity index (χ2n) is 5.06. The first-order valence-corrected chi connectivity index (χ1v) is 5.93. The predicted octanol–water partition coefficient (Wildman–Crippen LogP) is 2.62.